The number of carboxylic acids is 1. The van der Waals surface area contributed by atoms with Crippen molar-refractivity contribution in [1.29, 1.82) is 0 Å². The number of aliphatic carboxylic acids is 1. The molecule has 22 heavy (non-hydrogen) atoms. The van der Waals surface area contributed by atoms with E-state index in [4.69, 9.17) is 21.1 Å². The van der Waals surface area contributed by atoms with Gasteiger partial charge in [0, 0.05) is 11.4 Å². The van der Waals surface area contributed by atoms with Gasteiger partial charge < -0.3 is 19.9 Å². The molecule has 1 atom stereocenters. The lowest BCUT2D eigenvalue weighted by molar-refractivity contribution is -0.139. The topological polar surface area (TPSA) is 84.9 Å². The van der Waals surface area contributed by atoms with Gasteiger partial charge >= 0.3 is 12.1 Å². The van der Waals surface area contributed by atoms with Gasteiger partial charge in [-0.2, -0.15) is 0 Å². The summed E-state index contributed by atoms with van der Waals surface area (Å²) in [5, 5.41) is 12.0. The van der Waals surface area contributed by atoms with E-state index in [1.54, 1.807) is 39.0 Å². The summed E-state index contributed by atoms with van der Waals surface area (Å²) in [6, 6.07) is 3.76. The number of carboxylic acid groups (broad SMARTS) is 1. The van der Waals surface area contributed by atoms with Crippen molar-refractivity contribution >= 4 is 23.7 Å². The zero-order valence-corrected chi connectivity index (χ0v) is 13.7. The molecule has 2 N–H and O–H groups in total. The maximum Gasteiger partial charge on any atom is 0.408 e. The molecule has 7 heteroatoms. The van der Waals surface area contributed by atoms with Gasteiger partial charge in [0.15, 0.2) is 0 Å². The van der Waals surface area contributed by atoms with Crippen molar-refractivity contribution < 1.29 is 24.2 Å². The third kappa shape index (κ3) is 5.81. The molecular formula is C15H20ClNO5. The molecule has 0 aliphatic rings. The van der Waals surface area contributed by atoms with Crippen LogP contribution >= 0.6 is 11.6 Å². The molecule has 1 rings (SSSR count). The van der Waals surface area contributed by atoms with Crippen molar-refractivity contribution in [3.05, 3.63) is 28.8 Å². The highest BCUT2D eigenvalue weighted by atomic mass is 35.5. The number of hydrogen-bond acceptors (Lipinski definition) is 4. The summed E-state index contributed by atoms with van der Waals surface area (Å²) in [5.41, 5.74) is -0.148. The van der Waals surface area contributed by atoms with Crippen molar-refractivity contribution in [3.8, 4) is 5.75 Å². The SMILES string of the molecule is COc1ccc(Cl)c(C[C@@H](NC(=O)OC(C)(C)C)C(=O)O)c1. The Morgan fingerprint density at radius 3 is 2.50 bits per heavy atom. The molecule has 0 bridgehead atoms. The standard InChI is InChI=1S/C15H20ClNO5/c1-15(2,3)22-14(20)17-12(13(18)19)8-9-7-10(21-4)5-6-11(9)16/h5-7,12H,8H2,1-4H3,(H,17,20)(H,18,19)/t12-/m1/s1. The summed E-state index contributed by atoms with van der Waals surface area (Å²) < 4.78 is 10.1. The van der Waals surface area contributed by atoms with Crippen LogP contribution in [0.1, 0.15) is 26.3 Å². The molecule has 0 aliphatic heterocycles. The number of amides is 1. The molecule has 0 aromatic heterocycles. The molecule has 6 nitrogen and oxygen atoms in total. The number of nitrogens with one attached hydrogen (secondary N) is 1. The van der Waals surface area contributed by atoms with Crippen LogP contribution in [0.3, 0.4) is 0 Å². The Morgan fingerprint density at radius 2 is 2.00 bits per heavy atom. The Labute approximate surface area is 134 Å². The van der Waals surface area contributed by atoms with Crippen LogP contribution in [-0.4, -0.2) is 35.9 Å². The van der Waals surface area contributed by atoms with Gasteiger partial charge in [0.25, 0.3) is 0 Å². The van der Waals surface area contributed by atoms with E-state index in [1.165, 1.54) is 7.11 Å². The maximum atomic E-state index is 11.7. The van der Waals surface area contributed by atoms with Crippen molar-refractivity contribution in [1.82, 2.24) is 5.32 Å². The molecule has 122 valence electrons. The van der Waals surface area contributed by atoms with Gasteiger partial charge in [-0.15, -0.1) is 0 Å². The zero-order chi connectivity index (χ0) is 16.9. The molecule has 0 aliphatic carbocycles. The summed E-state index contributed by atoms with van der Waals surface area (Å²) >= 11 is 6.05. The highest BCUT2D eigenvalue weighted by Crippen LogP contribution is 2.23. The van der Waals surface area contributed by atoms with Crippen LogP contribution < -0.4 is 10.1 Å². The monoisotopic (exact) mass is 329 g/mol. The molecule has 0 spiro atoms. The van der Waals surface area contributed by atoms with Gasteiger partial charge in [-0.3, -0.25) is 0 Å². The van der Waals surface area contributed by atoms with E-state index in [9.17, 15) is 14.7 Å². The van der Waals surface area contributed by atoms with E-state index in [2.05, 4.69) is 5.32 Å². The molecule has 0 saturated carbocycles. The first-order valence-electron chi connectivity index (χ1n) is 6.67. The fourth-order valence-corrected chi connectivity index (χ4v) is 1.90. The highest BCUT2D eigenvalue weighted by molar-refractivity contribution is 6.31. The second-order valence-corrected chi connectivity index (χ2v) is 6.11. The predicted octanol–water partition coefficient (Wildman–Crippen LogP) is 2.87. The number of hydrogen-bond donors (Lipinski definition) is 2. The summed E-state index contributed by atoms with van der Waals surface area (Å²) in [5.74, 6) is -0.620. The molecule has 1 amide bonds. The van der Waals surface area contributed by atoms with Crippen LogP contribution in [0.5, 0.6) is 5.75 Å². The zero-order valence-electron chi connectivity index (χ0n) is 13.0. The van der Waals surface area contributed by atoms with Gasteiger partial charge in [-0.05, 0) is 44.5 Å². The number of carbonyl (C=O) groups is 2. The highest BCUT2D eigenvalue weighted by Gasteiger charge is 2.25. The third-order valence-electron chi connectivity index (χ3n) is 2.67. The Morgan fingerprint density at radius 1 is 1.36 bits per heavy atom. The molecular weight excluding hydrogens is 310 g/mol. The van der Waals surface area contributed by atoms with Gasteiger partial charge in [-0.25, -0.2) is 9.59 Å². The summed E-state index contributed by atoms with van der Waals surface area (Å²) in [7, 11) is 1.50. The number of carbonyl (C=O) groups excluding carboxylic acids is 1. The Hall–Kier alpha value is -1.95. The number of benzene rings is 1. The van der Waals surface area contributed by atoms with Crippen LogP contribution in [0.25, 0.3) is 0 Å². The molecule has 0 heterocycles. The van der Waals surface area contributed by atoms with Crippen LogP contribution in [0, 0.1) is 0 Å². The first-order valence-corrected chi connectivity index (χ1v) is 7.05. The number of alkyl carbamates (subject to hydrolysis) is 1. The average Bonchev–Trinajstić information content (AvgIpc) is 2.38. The first-order chi connectivity index (χ1) is 10.1. The van der Waals surface area contributed by atoms with E-state index in [-0.39, 0.29) is 6.42 Å². The second kappa shape index (κ2) is 7.35. The van der Waals surface area contributed by atoms with Gasteiger partial charge in [-0.1, -0.05) is 11.6 Å². The van der Waals surface area contributed by atoms with Crippen LogP contribution in [0.4, 0.5) is 4.79 Å². The third-order valence-corrected chi connectivity index (χ3v) is 3.03. The lowest BCUT2D eigenvalue weighted by Gasteiger charge is -2.22. The van der Waals surface area contributed by atoms with Gasteiger partial charge in [0.05, 0.1) is 7.11 Å². The molecule has 0 radical (unpaired) electrons. The van der Waals surface area contributed by atoms with Crippen LogP contribution in [0.2, 0.25) is 5.02 Å². The van der Waals surface area contributed by atoms with E-state index in [0.29, 0.717) is 16.3 Å². The van der Waals surface area contributed by atoms with E-state index >= 15 is 0 Å². The minimum Gasteiger partial charge on any atom is -0.497 e. The average molecular weight is 330 g/mol. The summed E-state index contributed by atoms with van der Waals surface area (Å²) in [6.45, 7) is 5.09. The summed E-state index contributed by atoms with van der Waals surface area (Å²) in [4.78, 5) is 23.0. The fourth-order valence-electron chi connectivity index (χ4n) is 1.70. The second-order valence-electron chi connectivity index (χ2n) is 5.70. The van der Waals surface area contributed by atoms with Crippen molar-refractivity contribution in [2.45, 2.75) is 38.8 Å². The minimum atomic E-state index is -1.18. The van der Waals surface area contributed by atoms with Crippen LogP contribution in [-0.2, 0) is 16.0 Å². The minimum absolute atomic E-state index is 0.0185. The first kappa shape index (κ1) is 18.1. The largest absolute Gasteiger partial charge is 0.497 e. The van der Waals surface area contributed by atoms with Crippen LogP contribution in [0.15, 0.2) is 18.2 Å². The van der Waals surface area contributed by atoms with Crippen molar-refractivity contribution in [2.75, 3.05) is 7.11 Å². The smallest absolute Gasteiger partial charge is 0.408 e. The van der Waals surface area contributed by atoms with Crippen molar-refractivity contribution in [2.24, 2.45) is 0 Å². The molecule has 1 aromatic carbocycles. The fraction of sp³-hybridized carbons (Fsp3) is 0.467. The normalized spacial score (nSPS) is 12.4. The lowest BCUT2D eigenvalue weighted by atomic mass is 10.1. The molecule has 1 aromatic rings. The maximum absolute atomic E-state index is 11.7. The molecule has 0 saturated heterocycles. The number of halogens is 1. The lowest BCUT2D eigenvalue weighted by Crippen LogP contribution is -2.44. The Balaban J connectivity index is 2.85. The Kier molecular flexibility index (Phi) is 6.05. The van der Waals surface area contributed by atoms with Gasteiger partial charge in [0.2, 0.25) is 0 Å². The van der Waals surface area contributed by atoms with Crippen molar-refractivity contribution in [3.63, 3.8) is 0 Å². The predicted molar refractivity (Wildman–Crippen MR) is 82.5 cm³/mol. The number of methoxy groups -OCH3 is 1. The number of rotatable bonds is 5. The molecule has 0 unspecified atom stereocenters. The quantitative estimate of drug-likeness (QED) is 0.867. The van der Waals surface area contributed by atoms with E-state index in [0.717, 1.165) is 0 Å². The Bertz CT molecular complexity index is 553. The van der Waals surface area contributed by atoms with Gasteiger partial charge in [0.1, 0.15) is 17.4 Å². The molecule has 0 fully saturated rings. The van der Waals surface area contributed by atoms with E-state index < -0.39 is 23.7 Å². The summed E-state index contributed by atoms with van der Waals surface area (Å²) in [6.07, 6.45) is -0.774. The number of ether oxygens (including phenoxy) is 2. The van der Waals surface area contributed by atoms with E-state index in [1.807, 2.05) is 0 Å².